The Labute approximate surface area is 128 Å². The molecule has 0 aliphatic heterocycles. The monoisotopic (exact) mass is 285 g/mol. The fourth-order valence-corrected chi connectivity index (χ4v) is 2.61. The lowest BCUT2D eigenvalue weighted by atomic mass is 9.97. The first-order valence-electron chi connectivity index (χ1n) is 7.90. The van der Waals surface area contributed by atoms with Crippen molar-refractivity contribution in [1.82, 2.24) is 15.1 Å². The van der Waals surface area contributed by atoms with Crippen molar-refractivity contribution in [2.45, 2.75) is 46.1 Å². The van der Waals surface area contributed by atoms with Crippen LogP contribution in [0.25, 0.3) is 11.1 Å². The molecule has 3 nitrogen and oxygen atoms in total. The molecule has 3 heteroatoms. The van der Waals surface area contributed by atoms with E-state index in [0.717, 1.165) is 13.0 Å². The highest BCUT2D eigenvalue weighted by molar-refractivity contribution is 5.66. The van der Waals surface area contributed by atoms with E-state index in [9.17, 15) is 0 Å². The van der Waals surface area contributed by atoms with Crippen LogP contribution < -0.4 is 5.32 Å². The van der Waals surface area contributed by atoms with Gasteiger partial charge in [-0.05, 0) is 43.0 Å². The van der Waals surface area contributed by atoms with Gasteiger partial charge in [0.15, 0.2) is 0 Å². The second-order valence-electron chi connectivity index (χ2n) is 6.06. The van der Waals surface area contributed by atoms with E-state index >= 15 is 0 Å². The first-order chi connectivity index (χ1) is 10.0. The number of aromatic nitrogens is 2. The second-order valence-corrected chi connectivity index (χ2v) is 6.06. The molecule has 0 saturated carbocycles. The Kier molecular flexibility index (Phi) is 5.18. The third kappa shape index (κ3) is 3.73. The summed E-state index contributed by atoms with van der Waals surface area (Å²) in [4.78, 5) is 0. The Morgan fingerprint density at radius 2 is 2.00 bits per heavy atom. The minimum Gasteiger partial charge on any atom is -0.310 e. The van der Waals surface area contributed by atoms with Crippen LogP contribution in [0.1, 0.15) is 57.3 Å². The average molecular weight is 285 g/mol. The normalized spacial score (nSPS) is 12.9. The number of aryl methyl sites for hydroxylation is 1. The van der Waals surface area contributed by atoms with Crippen LogP contribution in [-0.4, -0.2) is 16.3 Å². The molecular formula is C18H27N3. The number of hydrogen-bond donors (Lipinski definition) is 1. The van der Waals surface area contributed by atoms with Crippen molar-refractivity contribution >= 4 is 0 Å². The van der Waals surface area contributed by atoms with E-state index in [1.54, 1.807) is 0 Å². The van der Waals surface area contributed by atoms with E-state index in [4.69, 9.17) is 0 Å². The van der Waals surface area contributed by atoms with Gasteiger partial charge in [0.25, 0.3) is 0 Å². The van der Waals surface area contributed by atoms with Gasteiger partial charge in [-0.25, -0.2) is 0 Å². The molecule has 1 unspecified atom stereocenters. The van der Waals surface area contributed by atoms with Gasteiger partial charge in [-0.2, -0.15) is 5.10 Å². The molecule has 21 heavy (non-hydrogen) atoms. The van der Waals surface area contributed by atoms with Crippen LogP contribution in [0.15, 0.2) is 30.5 Å². The maximum atomic E-state index is 4.61. The molecular weight excluding hydrogens is 258 g/mol. The van der Waals surface area contributed by atoms with Crippen molar-refractivity contribution in [3.8, 4) is 11.1 Å². The maximum Gasteiger partial charge on any atom is 0.0728 e. The zero-order valence-corrected chi connectivity index (χ0v) is 13.9. The molecule has 0 bridgehead atoms. The lowest BCUT2D eigenvalue weighted by Gasteiger charge is -2.15. The standard InChI is InChI=1S/C18H27N3/c1-6-10-19-14(4)15-8-7-9-16(11-15)17-12-21(5)20-18(17)13(2)3/h7-9,11-14,19H,6,10H2,1-5H3. The van der Waals surface area contributed by atoms with E-state index in [2.05, 4.69) is 68.6 Å². The Morgan fingerprint density at radius 1 is 1.24 bits per heavy atom. The molecule has 114 valence electrons. The first kappa shape index (κ1) is 15.8. The summed E-state index contributed by atoms with van der Waals surface area (Å²) in [5.74, 6) is 0.431. The van der Waals surface area contributed by atoms with Crippen molar-refractivity contribution in [3.63, 3.8) is 0 Å². The van der Waals surface area contributed by atoms with Gasteiger partial charge in [0, 0.05) is 24.8 Å². The van der Waals surface area contributed by atoms with Crippen molar-refractivity contribution < 1.29 is 0 Å². The largest absolute Gasteiger partial charge is 0.310 e. The predicted octanol–water partition coefficient (Wildman–Crippen LogP) is 4.27. The molecule has 0 spiro atoms. The molecule has 1 atom stereocenters. The zero-order chi connectivity index (χ0) is 15.4. The van der Waals surface area contributed by atoms with Gasteiger partial charge in [-0.1, -0.05) is 39.0 Å². The molecule has 0 saturated heterocycles. The molecule has 1 heterocycles. The van der Waals surface area contributed by atoms with Gasteiger partial charge in [-0.3, -0.25) is 4.68 Å². The molecule has 0 amide bonds. The van der Waals surface area contributed by atoms with Crippen LogP contribution >= 0.6 is 0 Å². The van der Waals surface area contributed by atoms with Crippen LogP contribution in [0.4, 0.5) is 0 Å². The molecule has 1 aromatic heterocycles. The molecule has 0 radical (unpaired) electrons. The molecule has 1 N–H and O–H groups in total. The van der Waals surface area contributed by atoms with Crippen LogP contribution in [0.2, 0.25) is 0 Å². The second kappa shape index (κ2) is 6.90. The maximum absolute atomic E-state index is 4.61. The number of rotatable bonds is 6. The minimum absolute atomic E-state index is 0.379. The van der Waals surface area contributed by atoms with Crippen LogP contribution in [0.5, 0.6) is 0 Å². The Morgan fingerprint density at radius 3 is 2.67 bits per heavy atom. The van der Waals surface area contributed by atoms with Gasteiger partial charge < -0.3 is 5.32 Å². The smallest absolute Gasteiger partial charge is 0.0728 e. The Balaban J connectivity index is 2.33. The Bertz CT molecular complexity index is 584. The average Bonchev–Trinajstić information content (AvgIpc) is 2.87. The zero-order valence-electron chi connectivity index (χ0n) is 13.9. The highest BCUT2D eigenvalue weighted by atomic mass is 15.3. The molecule has 0 aliphatic carbocycles. The lowest BCUT2D eigenvalue weighted by Crippen LogP contribution is -2.19. The van der Waals surface area contributed by atoms with Crippen molar-refractivity contribution in [1.29, 1.82) is 0 Å². The molecule has 2 aromatic rings. The number of nitrogens with one attached hydrogen (secondary N) is 1. The highest BCUT2D eigenvalue weighted by Crippen LogP contribution is 2.29. The van der Waals surface area contributed by atoms with Crippen LogP contribution in [0, 0.1) is 0 Å². The molecule has 0 fully saturated rings. The van der Waals surface area contributed by atoms with Gasteiger partial charge >= 0.3 is 0 Å². The fraction of sp³-hybridized carbons (Fsp3) is 0.500. The summed E-state index contributed by atoms with van der Waals surface area (Å²) in [6.45, 7) is 9.86. The summed E-state index contributed by atoms with van der Waals surface area (Å²) in [7, 11) is 1.99. The van der Waals surface area contributed by atoms with Gasteiger partial charge in [0.05, 0.1) is 5.69 Å². The fourth-order valence-electron chi connectivity index (χ4n) is 2.61. The molecule has 0 aliphatic rings. The quantitative estimate of drug-likeness (QED) is 0.859. The number of hydrogen-bond acceptors (Lipinski definition) is 2. The number of benzene rings is 1. The summed E-state index contributed by atoms with van der Waals surface area (Å²) in [6, 6.07) is 9.19. The predicted molar refractivity (Wildman–Crippen MR) is 89.4 cm³/mol. The Hall–Kier alpha value is -1.61. The first-order valence-corrected chi connectivity index (χ1v) is 7.90. The molecule has 2 rings (SSSR count). The van der Waals surface area contributed by atoms with E-state index in [-0.39, 0.29) is 0 Å². The topological polar surface area (TPSA) is 29.9 Å². The van der Waals surface area contributed by atoms with Crippen LogP contribution in [-0.2, 0) is 7.05 Å². The van der Waals surface area contributed by atoms with Crippen molar-refractivity contribution in [2.75, 3.05) is 6.54 Å². The lowest BCUT2D eigenvalue weighted by molar-refractivity contribution is 0.571. The summed E-state index contributed by atoms with van der Waals surface area (Å²) >= 11 is 0. The summed E-state index contributed by atoms with van der Waals surface area (Å²) in [5.41, 5.74) is 5.01. The molecule has 1 aromatic carbocycles. The summed E-state index contributed by atoms with van der Waals surface area (Å²) in [5, 5.41) is 8.16. The van der Waals surface area contributed by atoms with Gasteiger partial charge in [0.1, 0.15) is 0 Å². The summed E-state index contributed by atoms with van der Waals surface area (Å²) in [6.07, 6.45) is 3.28. The van der Waals surface area contributed by atoms with Gasteiger partial charge in [-0.15, -0.1) is 0 Å². The van der Waals surface area contributed by atoms with E-state index in [1.807, 2.05) is 11.7 Å². The summed E-state index contributed by atoms with van der Waals surface area (Å²) < 4.78 is 1.91. The van der Waals surface area contributed by atoms with E-state index in [1.165, 1.54) is 22.4 Å². The third-order valence-electron chi connectivity index (χ3n) is 3.80. The van der Waals surface area contributed by atoms with Gasteiger partial charge in [0.2, 0.25) is 0 Å². The van der Waals surface area contributed by atoms with Crippen LogP contribution in [0.3, 0.4) is 0 Å². The van der Waals surface area contributed by atoms with Crippen molar-refractivity contribution in [3.05, 3.63) is 41.7 Å². The van der Waals surface area contributed by atoms with E-state index < -0.39 is 0 Å². The SMILES string of the molecule is CCCNC(C)c1cccc(-c2cn(C)nc2C(C)C)c1. The number of nitrogens with zero attached hydrogens (tertiary/aromatic N) is 2. The highest BCUT2D eigenvalue weighted by Gasteiger charge is 2.14. The van der Waals surface area contributed by atoms with E-state index in [0.29, 0.717) is 12.0 Å². The minimum atomic E-state index is 0.379. The van der Waals surface area contributed by atoms with Crippen molar-refractivity contribution in [2.24, 2.45) is 7.05 Å². The third-order valence-corrected chi connectivity index (χ3v) is 3.80.